The number of carboxylic acid groups (broad SMARTS) is 1. The highest BCUT2D eigenvalue weighted by molar-refractivity contribution is 6.78. The zero-order valence-electron chi connectivity index (χ0n) is 16.4. The molecule has 0 amide bonds. The van der Waals surface area contributed by atoms with Gasteiger partial charge in [-0.15, -0.1) is 0 Å². The molecule has 0 aromatic rings. The fraction of sp³-hybridized carbons (Fsp3) is 0.722. The van der Waals surface area contributed by atoms with Gasteiger partial charge >= 0.3 is 11.9 Å². The number of esters is 1. The third-order valence-electron chi connectivity index (χ3n) is 4.42. The van der Waals surface area contributed by atoms with Crippen molar-refractivity contribution in [1.29, 1.82) is 0 Å². The molecule has 25 heavy (non-hydrogen) atoms. The lowest BCUT2D eigenvalue weighted by Gasteiger charge is -2.41. The van der Waals surface area contributed by atoms with E-state index in [0.29, 0.717) is 23.0 Å². The number of ether oxygens (including phenoxy) is 1. The summed E-state index contributed by atoms with van der Waals surface area (Å²) in [7, 11) is -2.24. The van der Waals surface area contributed by atoms with Crippen molar-refractivity contribution in [2.24, 2.45) is 0 Å². The first kappa shape index (κ1) is 23.4. The molecule has 0 heterocycles. The van der Waals surface area contributed by atoms with Crippen LogP contribution in [0.5, 0.6) is 0 Å². The van der Waals surface area contributed by atoms with E-state index in [4.69, 9.17) is 14.3 Å². The molecule has 6 nitrogen and oxygen atoms in total. The summed E-state index contributed by atoms with van der Waals surface area (Å²) in [5.74, 6) is -2.14. The van der Waals surface area contributed by atoms with E-state index in [1.807, 2.05) is 0 Å². The highest BCUT2D eigenvalue weighted by Gasteiger charge is 2.47. The predicted octanol–water partition coefficient (Wildman–Crippen LogP) is 4.06. The monoisotopic (exact) mass is 372 g/mol. The van der Waals surface area contributed by atoms with Gasteiger partial charge in [0.2, 0.25) is 0 Å². The summed E-state index contributed by atoms with van der Waals surface area (Å²) < 4.78 is 11.0. The van der Waals surface area contributed by atoms with Crippen molar-refractivity contribution >= 4 is 26.2 Å². The second-order valence-corrected chi connectivity index (χ2v) is 12.6. The Labute approximate surface area is 151 Å². The van der Waals surface area contributed by atoms with E-state index < -0.39 is 20.3 Å². The van der Waals surface area contributed by atoms with E-state index >= 15 is 0 Å². The normalized spacial score (nSPS) is 12.6. The molecule has 0 saturated carbocycles. The minimum Gasteiger partial charge on any atom is -0.518 e. The molecule has 7 heteroatoms. The van der Waals surface area contributed by atoms with Gasteiger partial charge in [-0.2, -0.15) is 0 Å². The molecule has 144 valence electrons. The van der Waals surface area contributed by atoms with Gasteiger partial charge in [0, 0.05) is 18.1 Å². The Kier molecular flexibility index (Phi) is 9.70. The Hall–Kier alpha value is -1.63. The standard InChI is InChI=1S/C18H32O6Si/c1-12(2)25(13(3)4,14(5)6)24-17(21)9-8-10-23-18(22)15(7)11-16(19)20/h11-14H,8-10H2,1-7H3,(H,19,20)/b15-11+. The van der Waals surface area contributed by atoms with Crippen molar-refractivity contribution in [2.75, 3.05) is 6.61 Å². The Morgan fingerprint density at radius 2 is 1.48 bits per heavy atom. The number of hydrogen-bond acceptors (Lipinski definition) is 5. The molecule has 0 rings (SSSR count). The molecule has 0 aliphatic rings. The molecule has 0 bridgehead atoms. The first-order chi connectivity index (χ1) is 11.4. The lowest BCUT2D eigenvalue weighted by Crippen LogP contribution is -2.49. The van der Waals surface area contributed by atoms with Gasteiger partial charge < -0.3 is 14.3 Å². The second kappa shape index (κ2) is 10.4. The van der Waals surface area contributed by atoms with E-state index in [0.717, 1.165) is 6.08 Å². The van der Waals surface area contributed by atoms with Gasteiger partial charge in [0.05, 0.1) is 6.61 Å². The molecule has 0 spiro atoms. The van der Waals surface area contributed by atoms with Crippen molar-refractivity contribution in [3.63, 3.8) is 0 Å². The van der Waals surface area contributed by atoms with E-state index in [1.165, 1.54) is 6.92 Å². The molecule has 0 atom stereocenters. The van der Waals surface area contributed by atoms with Crippen LogP contribution in [0.1, 0.15) is 61.3 Å². The van der Waals surface area contributed by atoms with Crippen molar-refractivity contribution < 1.29 is 28.7 Å². The number of rotatable bonds is 10. The van der Waals surface area contributed by atoms with Crippen molar-refractivity contribution in [3.8, 4) is 0 Å². The maximum atomic E-state index is 12.3. The van der Waals surface area contributed by atoms with Gasteiger partial charge in [-0.05, 0) is 30.0 Å². The van der Waals surface area contributed by atoms with Crippen molar-refractivity contribution in [3.05, 3.63) is 11.6 Å². The second-order valence-electron chi connectivity index (χ2n) is 7.20. The number of carbonyl (C=O) groups is 3. The average Bonchev–Trinajstić information content (AvgIpc) is 2.46. The van der Waals surface area contributed by atoms with Gasteiger partial charge in [-0.25, -0.2) is 9.59 Å². The Balaban J connectivity index is 4.57. The first-order valence-electron chi connectivity index (χ1n) is 8.75. The van der Waals surface area contributed by atoms with Crippen LogP contribution < -0.4 is 0 Å². The fourth-order valence-electron chi connectivity index (χ4n) is 3.34. The first-order valence-corrected chi connectivity index (χ1v) is 10.9. The van der Waals surface area contributed by atoms with Crippen LogP contribution in [0.25, 0.3) is 0 Å². The summed E-state index contributed by atoms with van der Waals surface area (Å²) in [6, 6.07) is 0. The maximum Gasteiger partial charge on any atom is 0.333 e. The molecular weight excluding hydrogens is 340 g/mol. The Bertz CT molecular complexity index is 486. The average molecular weight is 373 g/mol. The molecule has 1 N–H and O–H groups in total. The van der Waals surface area contributed by atoms with Crippen LogP contribution in [-0.4, -0.2) is 37.9 Å². The van der Waals surface area contributed by atoms with Crippen LogP contribution in [0.15, 0.2) is 11.6 Å². The maximum absolute atomic E-state index is 12.3. The lowest BCUT2D eigenvalue weighted by molar-refractivity contribution is -0.141. The van der Waals surface area contributed by atoms with Crippen LogP contribution in [-0.2, 0) is 23.5 Å². The van der Waals surface area contributed by atoms with Crippen molar-refractivity contribution in [1.82, 2.24) is 0 Å². The summed E-state index contributed by atoms with van der Waals surface area (Å²) >= 11 is 0. The summed E-state index contributed by atoms with van der Waals surface area (Å²) in [4.78, 5) is 34.3. The number of hydrogen-bond donors (Lipinski definition) is 1. The zero-order chi connectivity index (χ0) is 19.8. The third kappa shape index (κ3) is 7.02. The van der Waals surface area contributed by atoms with Gasteiger partial charge in [-0.1, -0.05) is 41.5 Å². The minimum atomic E-state index is -2.24. The molecule has 0 aliphatic heterocycles. The quantitative estimate of drug-likeness (QED) is 0.269. The Morgan fingerprint density at radius 3 is 1.88 bits per heavy atom. The molecule has 0 saturated heterocycles. The minimum absolute atomic E-state index is 0.0147. The van der Waals surface area contributed by atoms with E-state index in [-0.39, 0.29) is 24.6 Å². The molecule has 0 aliphatic carbocycles. The predicted molar refractivity (Wildman–Crippen MR) is 98.7 cm³/mol. The summed E-state index contributed by atoms with van der Waals surface area (Å²) in [6.07, 6.45) is 1.32. The fourth-order valence-corrected chi connectivity index (χ4v) is 8.54. The molecule has 0 fully saturated rings. The van der Waals surface area contributed by atoms with Gasteiger partial charge in [-0.3, -0.25) is 4.79 Å². The molecule has 0 unspecified atom stereocenters. The van der Waals surface area contributed by atoms with E-state index in [9.17, 15) is 14.4 Å². The summed E-state index contributed by atoms with van der Waals surface area (Å²) in [5.41, 5.74) is 0.968. The highest BCUT2D eigenvalue weighted by atomic mass is 28.4. The van der Waals surface area contributed by atoms with Crippen LogP contribution in [0.4, 0.5) is 0 Å². The number of carbonyl (C=O) groups excluding carboxylic acids is 2. The number of carboxylic acids is 1. The van der Waals surface area contributed by atoms with Crippen molar-refractivity contribution in [2.45, 2.75) is 77.9 Å². The smallest absolute Gasteiger partial charge is 0.333 e. The number of aliphatic carboxylic acids is 1. The lowest BCUT2D eigenvalue weighted by atomic mass is 10.3. The highest BCUT2D eigenvalue weighted by Crippen LogP contribution is 2.42. The van der Waals surface area contributed by atoms with Gasteiger partial charge in [0.25, 0.3) is 14.3 Å². The Morgan fingerprint density at radius 1 is 1.00 bits per heavy atom. The summed E-state index contributed by atoms with van der Waals surface area (Å²) in [6.45, 7) is 14.1. The molecule has 0 radical (unpaired) electrons. The zero-order valence-corrected chi connectivity index (χ0v) is 17.4. The molecule has 0 aromatic carbocycles. The molecular formula is C18H32O6Si. The SMILES string of the molecule is C/C(=C\C(=O)O)C(=O)OCCCC(=O)O[Si](C(C)C)(C(C)C)C(C)C. The van der Waals surface area contributed by atoms with Crippen LogP contribution in [0.3, 0.4) is 0 Å². The van der Waals surface area contributed by atoms with Gasteiger partial charge in [0.15, 0.2) is 0 Å². The van der Waals surface area contributed by atoms with Crippen LogP contribution >= 0.6 is 0 Å². The topological polar surface area (TPSA) is 89.9 Å². The third-order valence-corrected chi connectivity index (χ3v) is 10.4. The van der Waals surface area contributed by atoms with Crippen LogP contribution in [0, 0.1) is 0 Å². The van der Waals surface area contributed by atoms with E-state index in [1.54, 1.807) is 0 Å². The largest absolute Gasteiger partial charge is 0.518 e. The molecule has 0 aromatic heterocycles. The summed E-state index contributed by atoms with van der Waals surface area (Å²) in [5, 5.41) is 8.58. The van der Waals surface area contributed by atoms with Crippen LogP contribution in [0.2, 0.25) is 16.6 Å². The van der Waals surface area contributed by atoms with Gasteiger partial charge in [0.1, 0.15) is 0 Å². The van der Waals surface area contributed by atoms with E-state index in [2.05, 4.69) is 41.5 Å².